The summed E-state index contributed by atoms with van der Waals surface area (Å²) in [4.78, 5) is 4.36. The molecule has 0 radical (unpaired) electrons. The highest BCUT2D eigenvalue weighted by atomic mass is 32.2. The Balaban J connectivity index is 1.88. The molecule has 1 aromatic rings. The highest BCUT2D eigenvalue weighted by Crippen LogP contribution is 2.29. The average Bonchev–Trinajstić information content (AvgIpc) is 2.31. The third-order valence-electron chi connectivity index (χ3n) is 2.94. The molecule has 1 aromatic heterocycles. The Morgan fingerprint density at radius 1 is 1.53 bits per heavy atom. The molecule has 0 amide bonds. The number of aromatic nitrogens is 1. The number of hydrogen-bond acceptors (Lipinski definition) is 3. The van der Waals surface area contributed by atoms with Crippen LogP contribution in [-0.2, 0) is 0 Å². The van der Waals surface area contributed by atoms with Crippen molar-refractivity contribution >= 4 is 11.8 Å². The molecule has 0 aromatic carbocycles. The summed E-state index contributed by atoms with van der Waals surface area (Å²) in [5, 5.41) is 5.28. The van der Waals surface area contributed by atoms with Gasteiger partial charge < -0.3 is 5.32 Å². The minimum absolute atomic E-state index is 0.660. The summed E-state index contributed by atoms with van der Waals surface area (Å²) in [6.45, 7) is 4.68. The fourth-order valence-corrected chi connectivity index (χ4v) is 3.07. The maximum absolute atomic E-state index is 4.36. The number of thioether (sulfide) groups is 1. The van der Waals surface area contributed by atoms with E-state index in [2.05, 4.69) is 29.4 Å². The van der Waals surface area contributed by atoms with E-state index in [0.717, 1.165) is 10.9 Å². The Labute approximate surface area is 95.9 Å². The summed E-state index contributed by atoms with van der Waals surface area (Å²) in [5.74, 6) is 0.797. The summed E-state index contributed by atoms with van der Waals surface area (Å²) in [7, 11) is 0. The molecule has 0 aliphatic carbocycles. The van der Waals surface area contributed by atoms with Crippen LogP contribution in [0.4, 0.5) is 0 Å². The fourth-order valence-electron chi connectivity index (χ4n) is 1.98. The normalized spacial score (nSPS) is 23.7. The highest BCUT2D eigenvalue weighted by molar-refractivity contribution is 7.99. The van der Waals surface area contributed by atoms with Crippen molar-refractivity contribution in [2.45, 2.75) is 30.0 Å². The van der Waals surface area contributed by atoms with Crippen LogP contribution in [0.15, 0.2) is 29.4 Å². The van der Waals surface area contributed by atoms with Crippen LogP contribution in [0.2, 0.25) is 0 Å². The van der Waals surface area contributed by atoms with Gasteiger partial charge in [-0.3, -0.25) is 0 Å². The summed E-state index contributed by atoms with van der Waals surface area (Å²) in [6, 6.07) is 6.12. The van der Waals surface area contributed by atoms with Crippen LogP contribution in [-0.4, -0.2) is 23.3 Å². The van der Waals surface area contributed by atoms with E-state index in [1.165, 1.54) is 25.9 Å². The molecule has 15 heavy (non-hydrogen) atoms. The van der Waals surface area contributed by atoms with Crippen molar-refractivity contribution in [3.05, 3.63) is 24.4 Å². The molecule has 2 heterocycles. The van der Waals surface area contributed by atoms with Gasteiger partial charge in [0.1, 0.15) is 0 Å². The van der Waals surface area contributed by atoms with Gasteiger partial charge in [-0.15, -0.1) is 11.8 Å². The molecule has 0 spiro atoms. The Hall–Kier alpha value is -0.540. The van der Waals surface area contributed by atoms with Crippen LogP contribution >= 0.6 is 11.8 Å². The molecule has 1 aliphatic rings. The van der Waals surface area contributed by atoms with E-state index < -0.39 is 0 Å². The Morgan fingerprint density at radius 2 is 2.47 bits per heavy atom. The molecule has 1 aliphatic heterocycles. The molecule has 3 heteroatoms. The van der Waals surface area contributed by atoms with E-state index in [4.69, 9.17) is 0 Å². The minimum Gasteiger partial charge on any atom is -0.316 e. The standard InChI is InChI=1S/C12H18N2S/c1-10(11-5-4-7-13-9-11)15-12-6-2-3-8-14-12/h2-3,6,8,10-11,13H,4-5,7,9H2,1H3. The third kappa shape index (κ3) is 3.21. The Morgan fingerprint density at radius 3 is 3.13 bits per heavy atom. The summed E-state index contributed by atoms with van der Waals surface area (Å²) in [6.07, 6.45) is 4.54. The lowest BCUT2D eigenvalue weighted by molar-refractivity contribution is 0.376. The number of nitrogens with one attached hydrogen (secondary N) is 1. The van der Waals surface area contributed by atoms with Crippen LogP contribution in [0.25, 0.3) is 0 Å². The maximum Gasteiger partial charge on any atom is 0.0962 e. The van der Waals surface area contributed by atoms with Gasteiger partial charge in [0.15, 0.2) is 0 Å². The molecular formula is C12H18N2S. The van der Waals surface area contributed by atoms with E-state index in [1.54, 1.807) is 0 Å². The lowest BCUT2D eigenvalue weighted by Gasteiger charge is -2.27. The second-order valence-electron chi connectivity index (χ2n) is 4.10. The van der Waals surface area contributed by atoms with Gasteiger partial charge in [-0.2, -0.15) is 0 Å². The van der Waals surface area contributed by atoms with Crippen LogP contribution in [0.3, 0.4) is 0 Å². The molecule has 2 atom stereocenters. The largest absolute Gasteiger partial charge is 0.316 e. The predicted octanol–water partition coefficient (Wildman–Crippen LogP) is 2.56. The van der Waals surface area contributed by atoms with Gasteiger partial charge in [0.25, 0.3) is 0 Å². The van der Waals surface area contributed by atoms with Gasteiger partial charge in [-0.1, -0.05) is 13.0 Å². The zero-order valence-corrected chi connectivity index (χ0v) is 9.96. The minimum atomic E-state index is 0.660. The molecule has 0 bridgehead atoms. The molecule has 2 nitrogen and oxygen atoms in total. The molecule has 1 saturated heterocycles. The summed E-state index contributed by atoms with van der Waals surface area (Å²) >= 11 is 1.90. The first kappa shape index (κ1) is 11.0. The van der Waals surface area contributed by atoms with Gasteiger partial charge in [0.05, 0.1) is 5.03 Å². The molecular weight excluding hydrogens is 204 g/mol. The monoisotopic (exact) mass is 222 g/mol. The first-order valence-electron chi connectivity index (χ1n) is 5.64. The summed E-state index contributed by atoms with van der Waals surface area (Å²) in [5.41, 5.74) is 0. The number of piperidine rings is 1. The van der Waals surface area contributed by atoms with Gasteiger partial charge in [-0.05, 0) is 44.0 Å². The van der Waals surface area contributed by atoms with Crippen molar-refractivity contribution in [1.82, 2.24) is 10.3 Å². The fraction of sp³-hybridized carbons (Fsp3) is 0.583. The van der Waals surface area contributed by atoms with Gasteiger partial charge in [0, 0.05) is 11.4 Å². The second kappa shape index (κ2) is 5.52. The highest BCUT2D eigenvalue weighted by Gasteiger charge is 2.20. The van der Waals surface area contributed by atoms with E-state index >= 15 is 0 Å². The van der Waals surface area contributed by atoms with Gasteiger partial charge >= 0.3 is 0 Å². The third-order valence-corrected chi connectivity index (χ3v) is 4.18. The predicted molar refractivity (Wildman–Crippen MR) is 65.1 cm³/mol. The summed E-state index contributed by atoms with van der Waals surface area (Å²) < 4.78 is 0. The lowest BCUT2D eigenvalue weighted by Crippen LogP contribution is -2.34. The van der Waals surface area contributed by atoms with Crippen molar-refractivity contribution in [3.8, 4) is 0 Å². The molecule has 0 saturated carbocycles. The first-order chi connectivity index (χ1) is 7.36. The average molecular weight is 222 g/mol. The van der Waals surface area contributed by atoms with Crippen molar-refractivity contribution in [3.63, 3.8) is 0 Å². The first-order valence-corrected chi connectivity index (χ1v) is 6.52. The van der Waals surface area contributed by atoms with Crippen LogP contribution in [0, 0.1) is 5.92 Å². The molecule has 2 unspecified atom stereocenters. The molecule has 1 N–H and O–H groups in total. The quantitative estimate of drug-likeness (QED) is 0.796. The molecule has 1 fully saturated rings. The van der Waals surface area contributed by atoms with Gasteiger partial charge in [-0.25, -0.2) is 4.98 Å². The number of nitrogens with zero attached hydrogens (tertiary/aromatic N) is 1. The zero-order chi connectivity index (χ0) is 10.5. The van der Waals surface area contributed by atoms with E-state index in [-0.39, 0.29) is 0 Å². The Bertz CT molecular complexity index is 283. The van der Waals surface area contributed by atoms with E-state index in [9.17, 15) is 0 Å². The van der Waals surface area contributed by atoms with Gasteiger partial charge in [0.2, 0.25) is 0 Å². The van der Waals surface area contributed by atoms with Crippen molar-refractivity contribution < 1.29 is 0 Å². The molecule has 82 valence electrons. The zero-order valence-electron chi connectivity index (χ0n) is 9.15. The maximum atomic E-state index is 4.36. The SMILES string of the molecule is CC(Sc1ccccn1)C1CCCNC1. The lowest BCUT2D eigenvalue weighted by atomic mass is 9.97. The second-order valence-corrected chi connectivity index (χ2v) is 5.49. The van der Waals surface area contributed by atoms with Crippen LogP contribution < -0.4 is 5.32 Å². The number of rotatable bonds is 3. The topological polar surface area (TPSA) is 24.9 Å². The number of hydrogen-bond donors (Lipinski definition) is 1. The van der Waals surface area contributed by atoms with Crippen molar-refractivity contribution in [2.75, 3.05) is 13.1 Å². The van der Waals surface area contributed by atoms with E-state index in [1.807, 2.05) is 24.0 Å². The number of pyridine rings is 1. The van der Waals surface area contributed by atoms with Crippen molar-refractivity contribution in [1.29, 1.82) is 0 Å². The van der Waals surface area contributed by atoms with Crippen LogP contribution in [0.5, 0.6) is 0 Å². The Kier molecular flexibility index (Phi) is 4.03. The van der Waals surface area contributed by atoms with Crippen molar-refractivity contribution in [2.24, 2.45) is 5.92 Å². The van der Waals surface area contributed by atoms with Crippen LogP contribution in [0.1, 0.15) is 19.8 Å². The van der Waals surface area contributed by atoms with E-state index in [0.29, 0.717) is 5.25 Å². The molecule has 2 rings (SSSR count). The smallest absolute Gasteiger partial charge is 0.0962 e.